The summed E-state index contributed by atoms with van der Waals surface area (Å²) in [4.78, 5) is 50.5. The van der Waals surface area contributed by atoms with Crippen molar-refractivity contribution in [1.82, 2.24) is 21.3 Å². The fourth-order valence-corrected chi connectivity index (χ4v) is 5.33. The molecule has 0 aliphatic carbocycles. The molecule has 4 atom stereocenters. The summed E-state index contributed by atoms with van der Waals surface area (Å²) >= 11 is 23.1. The number of halogens is 4. The minimum atomic E-state index is -3.75. The molecule has 360 valence electrons. The molecule has 0 aliphatic heterocycles. The zero-order chi connectivity index (χ0) is 80.0. The van der Waals surface area contributed by atoms with Gasteiger partial charge in [0.1, 0.15) is 0 Å². The van der Waals surface area contributed by atoms with Crippen LogP contribution in [0.15, 0.2) is 96.9 Å². The molecule has 0 aromatic heterocycles. The van der Waals surface area contributed by atoms with Gasteiger partial charge in [-0.25, -0.2) is 0 Å². The second-order valence-electron chi connectivity index (χ2n) is 14.6. The molecule has 64 heavy (non-hydrogen) atoms. The lowest BCUT2D eigenvalue weighted by Gasteiger charge is -2.25. The van der Waals surface area contributed by atoms with E-state index in [1.54, 1.807) is 32.2 Å². The highest BCUT2D eigenvalue weighted by molar-refractivity contribution is 6.32. The molecule has 0 saturated heterocycles. The van der Waals surface area contributed by atoms with Crippen LogP contribution in [0.4, 0.5) is 0 Å². The molecule has 0 saturated carbocycles. The molecular weight excluding hydrogens is 886 g/mol. The van der Waals surface area contributed by atoms with Crippen molar-refractivity contribution in [3.05, 3.63) is 139 Å². The van der Waals surface area contributed by atoms with Gasteiger partial charge in [0.05, 0.1) is 40.5 Å². The van der Waals surface area contributed by atoms with Crippen LogP contribution in [0.25, 0.3) is 0 Å². The maximum absolute atomic E-state index is 12.9. The fourth-order valence-electron chi connectivity index (χ4n) is 4.66. The highest BCUT2D eigenvalue weighted by Crippen LogP contribution is 2.17. The van der Waals surface area contributed by atoms with Crippen LogP contribution in [-0.4, -0.2) is 69.4 Å². The first kappa shape index (κ1) is 23.0. The molecule has 0 spiro atoms. The van der Waals surface area contributed by atoms with Crippen LogP contribution in [-0.2, 0) is 0 Å². The number of carbonyl (C=O) groups is 4. The van der Waals surface area contributed by atoms with Crippen molar-refractivity contribution in [2.45, 2.75) is 156 Å². The normalized spacial score (nSPS) is 25.3. The Labute approximate surface area is 460 Å². The first-order chi connectivity index (χ1) is 43.8. The molecule has 0 fully saturated rings. The van der Waals surface area contributed by atoms with Gasteiger partial charge in [0, 0.05) is 103 Å². The molecule has 4 aromatic rings. The molecule has 12 heteroatoms. The summed E-state index contributed by atoms with van der Waals surface area (Å²) in [6.45, 7) is -17.5. The van der Waals surface area contributed by atoms with E-state index in [0.29, 0.717) is 6.92 Å². The molecule has 0 bridgehead atoms. The number of Topliss-reactive ketones (excluding diaryl/α,β-unsaturated/α-hetero) is 4. The Kier molecular flexibility index (Phi) is 9.38. The lowest BCUT2D eigenvalue weighted by Crippen LogP contribution is -2.46. The van der Waals surface area contributed by atoms with Gasteiger partial charge in [0.15, 0.2) is 23.1 Å². The Morgan fingerprint density at radius 3 is 1.08 bits per heavy atom. The van der Waals surface area contributed by atoms with Crippen molar-refractivity contribution in [1.29, 1.82) is 0 Å². The van der Waals surface area contributed by atoms with Gasteiger partial charge >= 0.3 is 0 Å². The van der Waals surface area contributed by atoms with Crippen molar-refractivity contribution >= 4 is 69.5 Å². The maximum atomic E-state index is 12.9. The molecule has 4 aromatic carbocycles. The quantitative estimate of drug-likeness (QED) is 0.104. The van der Waals surface area contributed by atoms with Crippen molar-refractivity contribution in [2.24, 2.45) is 0 Å². The van der Waals surface area contributed by atoms with Crippen molar-refractivity contribution in [3.8, 4) is 0 Å². The van der Waals surface area contributed by atoms with E-state index in [-0.39, 0.29) is 31.9 Å². The van der Waals surface area contributed by atoms with Crippen LogP contribution in [0, 0.1) is 0 Å². The minimum absolute atomic E-state index is 0. The van der Waals surface area contributed by atoms with Crippen molar-refractivity contribution < 1.29 is 74.2 Å². The zero-order valence-corrected chi connectivity index (χ0v) is 38.8. The molecule has 4 rings (SSSR count). The summed E-state index contributed by atoms with van der Waals surface area (Å²) in [6, 6.07) is -3.78. The minimum Gasteiger partial charge on any atom is -0.303 e. The van der Waals surface area contributed by atoms with Gasteiger partial charge < -0.3 is 21.3 Å². The highest BCUT2D eigenvalue weighted by Gasteiger charge is 2.24. The summed E-state index contributed by atoms with van der Waals surface area (Å²) < 4.78 is 275. The van der Waals surface area contributed by atoms with Crippen LogP contribution in [0.5, 0.6) is 0 Å². The predicted molar refractivity (Wildman–Crippen MR) is 281 cm³/mol. The van der Waals surface area contributed by atoms with Crippen LogP contribution in [0.1, 0.15) is 207 Å². The van der Waals surface area contributed by atoms with Crippen LogP contribution in [0.2, 0.25) is 20.1 Å². The average Bonchev–Trinajstić information content (AvgIpc) is 0.718. The van der Waals surface area contributed by atoms with Crippen LogP contribution >= 0.6 is 46.4 Å². The van der Waals surface area contributed by atoms with E-state index >= 15 is 0 Å². The first-order valence-corrected chi connectivity index (χ1v) is 19.7. The van der Waals surface area contributed by atoms with E-state index < -0.39 is 189 Å². The summed E-state index contributed by atoms with van der Waals surface area (Å²) in [5, 5.41) is 7.89. The van der Waals surface area contributed by atoms with E-state index in [9.17, 15) is 19.2 Å². The number of benzene rings is 4. The zero-order valence-electron chi connectivity index (χ0n) is 71.8. The van der Waals surface area contributed by atoms with Gasteiger partial charge in [-0.15, -0.1) is 0 Å². The topological polar surface area (TPSA) is 116 Å². The van der Waals surface area contributed by atoms with Crippen molar-refractivity contribution in [3.63, 3.8) is 0 Å². The number of hydrogen-bond acceptors (Lipinski definition) is 8. The second-order valence-corrected chi connectivity index (χ2v) is 16.2. The lowest BCUT2D eigenvalue weighted by molar-refractivity contribution is 0.0929. The maximum Gasteiger partial charge on any atom is 0.179 e. The Balaban J connectivity index is -0.000000638. The fraction of sp³-hybridized carbons (Fsp3) is 0.462. The van der Waals surface area contributed by atoms with Crippen LogP contribution < -0.4 is 21.3 Å². The number of ketones is 4. The Morgan fingerprint density at radius 1 is 0.484 bits per heavy atom. The third kappa shape index (κ3) is 24.7. The number of carbonyl (C=O) groups excluding carboxylic acids is 4. The Hall–Kier alpha value is -3.44. The summed E-state index contributed by atoms with van der Waals surface area (Å²) in [6.07, 6.45) is 0. The standard InChI is InChI=1S/4C13H18ClNO.4H2/c4*1-9(15-13(2,3)4)12(16)10-6-5-7-11(14)8-10;;;;/h4*5-9,15H,1-4H3;4*1H/t4*9-;;;;/m1111..../s1/i2D3,3D3,4D3,5D,6D,7D,8D,9D;5D,6D,7D,8D,9D;2D3,3D3,4D3,9D;2D3,3D3,9D;;;;. The molecule has 0 radical (unpaired) electrons. The largest absolute Gasteiger partial charge is 0.303 e. The third-order valence-corrected chi connectivity index (χ3v) is 7.78. The lowest BCUT2D eigenvalue weighted by atomic mass is 10.0. The molecule has 0 heterocycles. The van der Waals surface area contributed by atoms with Gasteiger partial charge in [-0.1, -0.05) is 94.8 Å². The van der Waals surface area contributed by atoms with Gasteiger partial charge in [0.25, 0.3) is 0 Å². The Bertz CT molecular complexity index is 3520. The molecular formula is C52H80Cl4N4O4. The first-order valence-electron chi connectivity index (χ1n) is 36.2. The van der Waals surface area contributed by atoms with Gasteiger partial charge in [0.2, 0.25) is 0 Å². The highest BCUT2D eigenvalue weighted by atomic mass is 35.5. The SMILES string of the molecule is [2H]C([2H])([2H])C(C)(N[C@]([2H])(C)C(=O)c1cccc(Cl)c1)C([2H])([2H])[2H].[2H]C([2H])([2H])C(N[C@]([2H])(C)C(=O)c1cccc(Cl)c1)(C([2H])([2H])[2H])C([2H])([2H])[2H].[2H]c1c([2H])c(Cl)c([2H])c(C(=O)[C@@]([2H])(C)NC(C([2H])([2H])[2H])(C([2H])([2H])[2H])C([2H])([2H])[2H])c1[2H].[2H]c1c([2H])c(Cl)c([2H])c(C(=O)[C@@]([2H])(C)NC(C)(C)C)c1[2H].[HH].[HH].[HH].[HH]. The molecule has 4 N–H and O–H groups in total. The van der Waals surface area contributed by atoms with Gasteiger partial charge in [-0.05, 0) is 159 Å². The Morgan fingerprint density at radius 2 is 0.781 bits per heavy atom. The summed E-state index contributed by atoms with van der Waals surface area (Å²) in [7, 11) is 0. The monoisotopic (exact) mass is 1000 g/mol. The predicted octanol–water partition coefficient (Wildman–Crippen LogP) is 14.2. The smallest absolute Gasteiger partial charge is 0.179 e. The molecule has 8 nitrogen and oxygen atoms in total. The van der Waals surface area contributed by atoms with Crippen LogP contribution in [0.3, 0.4) is 0 Å². The average molecular weight is 1000 g/mol. The van der Waals surface area contributed by atoms with Gasteiger partial charge in [-0.2, -0.15) is 0 Å². The summed E-state index contributed by atoms with van der Waals surface area (Å²) in [5.74, 6) is -4.18. The molecule has 0 unspecified atom stereocenters. The van der Waals surface area contributed by atoms with E-state index in [4.69, 9.17) is 95.8 Å². The van der Waals surface area contributed by atoms with Crippen molar-refractivity contribution in [2.75, 3.05) is 0 Å². The van der Waals surface area contributed by atoms with Gasteiger partial charge in [-0.3, -0.25) is 19.2 Å². The number of rotatable bonds is 12. The second kappa shape index (κ2) is 26.0. The number of nitrogens with one attached hydrogen (secondary N) is 4. The van der Waals surface area contributed by atoms with E-state index in [1.165, 1.54) is 49.4 Å². The van der Waals surface area contributed by atoms with E-state index in [2.05, 4.69) is 10.6 Å². The molecule has 0 aliphatic rings. The summed E-state index contributed by atoms with van der Waals surface area (Å²) in [5.41, 5.74) is -11.5. The van der Waals surface area contributed by atoms with E-state index in [1.807, 2.05) is 5.32 Å². The molecule has 0 amide bonds. The van der Waals surface area contributed by atoms with E-state index in [0.717, 1.165) is 20.8 Å². The number of hydrogen-bond donors (Lipinski definition) is 4. The third-order valence-electron chi connectivity index (χ3n) is 6.93.